The van der Waals surface area contributed by atoms with Crippen LogP contribution in [0.1, 0.15) is 5.56 Å². The number of phenols is 2. The number of rotatable bonds is 4. The maximum atomic E-state index is 12.0. The highest BCUT2D eigenvalue weighted by atomic mass is 19.2. The SMILES string of the molecule is O=C(O)[C@@H](Cc1ccc(O)c(O)c1)NF. The highest BCUT2D eigenvalue weighted by Gasteiger charge is 2.17. The predicted octanol–water partition coefficient (Wildman–Crippen LogP) is 0.568. The molecular weight excluding hydrogens is 205 g/mol. The molecule has 0 aromatic heterocycles. The second-order valence-electron chi connectivity index (χ2n) is 3.03. The lowest BCUT2D eigenvalue weighted by molar-refractivity contribution is -0.140. The zero-order valence-corrected chi connectivity index (χ0v) is 7.64. The summed E-state index contributed by atoms with van der Waals surface area (Å²) in [6, 6.07) is 2.43. The first-order chi connectivity index (χ1) is 7.04. The summed E-state index contributed by atoms with van der Waals surface area (Å²) in [5.41, 5.74) is 1.55. The van der Waals surface area contributed by atoms with Crippen molar-refractivity contribution in [3.63, 3.8) is 0 Å². The van der Waals surface area contributed by atoms with E-state index in [1.54, 1.807) is 0 Å². The van der Waals surface area contributed by atoms with Crippen LogP contribution >= 0.6 is 0 Å². The van der Waals surface area contributed by atoms with E-state index in [9.17, 15) is 9.28 Å². The summed E-state index contributed by atoms with van der Waals surface area (Å²) < 4.78 is 12.0. The number of carboxylic acids is 1. The van der Waals surface area contributed by atoms with Crippen LogP contribution in [-0.4, -0.2) is 27.3 Å². The zero-order chi connectivity index (χ0) is 11.4. The number of carbonyl (C=O) groups is 1. The Morgan fingerprint density at radius 2 is 2.07 bits per heavy atom. The van der Waals surface area contributed by atoms with E-state index in [4.69, 9.17) is 15.3 Å². The second kappa shape index (κ2) is 4.61. The molecule has 1 aromatic rings. The van der Waals surface area contributed by atoms with Crippen molar-refractivity contribution in [2.45, 2.75) is 12.5 Å². The number of aliphatic carboxylic acids is 1. The summed E-state index contributed by atoms with van der Waals surface area (Å²) in [5, 5.41) is 26.6. The molecule has 0 bridgehead atoms. The molecule has 15 heavy (non-hydrogen) atoms. The Bertz CT molecular complexity index is 369. The molecule has 5 nitrogen and oxygen atoms in total. The second-order valence-corrected chi connectivity index (χ2v) is 3.03. The van der Waals surface area contributed by atoms with Gasteiger partial charge in [0.2, 0.25) is 0 Å². The number of hydrogen-bond donors (Lipinski definition) is 4. The Kier molecular flexibility index (Phi) is 3.46. The quantitative estimate of drug-likeness (QED) is 0.435. The lowest BCUT2D eigenvalue weighted by Crippen LogP contribution is -2.33. The Morgan fingerprint density at radius 1 is 1.40 bits per heavy atom. The number of phenolic OH excluding ortho intramolecular Hbond substituents is 2. The highest BCUT2D eigenvalue weighted by Crippen LogP contribution is 2.25. The van der Waals surface area contributed by atoms with Crippen molar-refractivity contribution in [3.05, 3.63) is 23.8 Å². The van der Waals surface area contributed by atoms with E-state index >= 15 is 0 Å². The van der Waals surface area contributed by atoms with Crippen molar-refractivity contribution in [2.24, 2.45) is 0 Å². The molecule has 0 amide bonds. The van der Waals surface area contributed by atoms with Crippen LogP contribution in [0.4, 0.5) is 4.48 Å². The number of nitrogens with one attached hydrogen (secondary N) is 1. The minimum Gasteiger partial charge on any atom is -0.504 e. The number of halogens is 1. The van der Waals surface area contributed by atoms with Crippen LogP contribution in [0.25, 0.3) is 0 Å². The third-order valence-electron chi connectivity index (χ3n) is 1.91. The van der Waals surface area contributed by atoms with Gasteiger partial charge in [0, 0.05) is 6.42 Å². The molecule has 0 saturated carbocycles. The lowest BCUT2D eigenvalue weighted by Gasteiger charge is -2.09. The minimum atomic E-state index is -1.37. The van der Waals surface area contributed by atoms with Gasteiger partial charge in [0.15, 0.2) is 11.5 Å². The van der Waals surface area contributed by atoms with Crippen LogP contribution < -0.4 is 5.54 Å². The molecule has 0 heterocycles. The summed E-state index contributed by atoms with van der Waals surface area (Å²) in [6.45, 7) is 0. The van der Waals surface area contributed by atoms with Gasteiger partial charge in [0.25, 0.3) is 0 Å². The molecule has 0 aliphatic heterocycles. The monoisotopic (exact) mass is 215 g/mol. The number of aromatic hydroxyl groups is 2. The summed E-state index contributed by atoms with van der Waals surface area (Å²) in [5.74, 6) is -2.00. The van der Waals surface area contributed by atoms with Gasteiger partial charge in [-0.25, -0.2) is 0 Å². The van der Waals surface area contributed by atoms with Gasteiger partial charge < -0.3 is 15.3 Å². The fraction of sp³-hybridized carbons (Fsp3) is 0.222. The van der Waals surface area contributed by atoms with E-state index in [0.29, 0.717) is 5.56 Å². The third-order valence-corrected chi connectivity index (χ3v) is 1.91. The minimum absolute atomic E-state index is 0.125. The third kappa shape index (κ3) is 2.81. The molecule has 0 spiro atoms. The fourth-order valence-electron chi connectivity index (χ4n) is 1.10. The Labute approximate surface area is 84.7 Å². The summed E-state index contributed by atoms with van der Waals surface area (Å²) >= 11 is 0. The molecule has 0 aliphatic carbocycles. The zero-order valence-electron chi connectivity index (χ0n) is 7.64. The average Bonchev–Trinajstić information content (AvgIpc) is 2.19. The summed E-state index contributed by atoms with van der Waals surface area (Å²) in [6.07, 6.45) is -0.125. The maximum Gasteiger partial charge on any atom is 0.323 e. The number of benzene rings is 1. The van der Waals surface area contributed by atoms with Crippen LogP contribution in [0.3, 0.4) is 0 Å². The first-order valence-electron chi connectivity index (χ1n) is 4.14. The highest BCUT2D eigenvalue weighted by molar-refractivity contribution is 5.73. The molecule has 1 rings (SSSR count). The van der Waals surface area contributed by atoms with Gasteiger partial charge in [-0.2, -0.15) is 0 Å². The van der Waals surface area contributed by atoms with E-state index in [1.807, 2.05) is 0 Å². The Balaban J connectivity index is 2.80. The Hall–Kier alpha value is -1.82. The van der Waals surface area contributed by atoms with Crippen molar-refractivity contribution in [3.8, 4) is 11.5 Å². The van der Waals surface area contributed by atoms with E-state index in [2.05, 4.69) is 0 Å². The predicted molar refractivity (Wildman–Crippen MR) is 49.1 cm³/mol. The van der Waals surface area contributed by atoms with E-state index < -0.39 is 12.0 Å². The number of hydrogen-bond acceptors (Lipinski definition) is 4. The van der Waals surface area contributed by atoms with Crippen molar-refractivity contribution >= 4 is 5.97 Å². The topological polar surface area (TPSA) is 89.8 Å². The summed E-state index contributed by atoms with van der Waals surface area (Å²) in [4.78, 5) is 10.5. The molecule has 0 unspecified atom stereocenters. The smallest absolute Gasteiger partial charge is 0.323 e. The molecule has 1 aromatic carbocycles. The molecular formula is C9H10FNO4. The van der Waals surface area contributed by atoms with Crippen molar-refractivity contribution < 1.29 is 24.6 Å². The fourth-order valence-corrected chi connectivity index (χ4v) is 1.10. The molecule has 0 saturated heterocycles. The molecule has 82 valence electrons. The van der Waals surface area contributed by atoms with Gasteiger partial charge in [0.05, 0.1) is 0 Å². The molecule has 0 radical (unpaired) electrons. The van der Waals surface area contributed by atoms with Gasteiger partial charge in [0.1, 0.15) is 6.04 Å². The van der Waals surface area contributed by atoms with Crippen LogP contribution in [0, 0.1) is 0 Å². The molecule has 0 fully saturated rings. The maximum absolute atomic E-state index is 12.0. The van der Waals surface area contributed by atoms with Gasteiger partial charge >= 0.3 is 5.97 Å². The average molecular weight is 215 g/mol. The molecule has 0 aliphatic rings. The van der Waals surface area contributed by atoms with Crippen LogP contribution in [0.5, 0.6) is 11.5 Å². The van der Waals surface area contributed by atoms with Crippen molar-refractivity contribution in [1.29, 1.82) is 0 Å². The van der Waals surface area contributed by atoms with Gasteiger partial charge in [-0.1, -0.05) is 6.07 Å². The first kappa shape index (κ1) is 11.3. The van der Waals surface area contributed by atoms with E-state index in [-0.39, 0.29) is 17.9 Å². The lowest BCUT2D eigenvalue weighted by atomic mass is 10.1. The van der Waals surface area contributed by atoms with Crippen molar-refractivity contribution in [2.75, 3.05) is 0 Å². The largest absolute Gasteiger partial charge is 0.504 e. The van der Waals surface area contributed by atoms with Crippen LogP contribution in [-0.2, 0) is 11.2 Å². The van der Waals surface area contributed by atoms with E-state index in [0.717, 1.165) is 5.54 Å². The Morgan fingerprint density at radius 3 is 2.53 bits per heavy atom. The van der Waals surface area contributed by atoms with Crippen LogP contribution in [0.2, 0.25) is 0 Å². The van der Waals surface area contributed by atoms with Crippen molar-refractivity contribution in [1.82, 2.24) is 5.54 Å². The van der Waals surface area contributed by atoms with E-state index in [1.165, 1.54) is 18.2 Å². The standard InChI is InChI=1S/C9H10FNO4/c10-11-6(9(14)15)3-5-1-2-7(12)8(13)4-5/h1-2,4,6,11-13H,3H2,(H,14,15)/t6-/m1/s1. The first-order valence-corrected chi connectivity index (χ1v) is 4.14. The molecule has 4 N–H and O–H groups in total. The normalized spacial score (nSPS) is 12.3. The van der Waals surface area contributed by atoms with Gasteiger partial charge in [-0.3, -0.25) is 4.79 Å². The summed E-state index contributed by atoms with van der Waals surface area (Å²) in [7, 11) is 0. The molecule has 6 heteroatoms. The van der Waals surface area contributed by atoms with Gasteiger partial charge in [-0.05, 0) is 17.7 Å². The van der Waals surface area contributed by atoms with Gasteiger partial charge in [-0.15, -0.1) is 10.0 Å². The number of carboxylic acid groups (broad SMARTS) is 1. The van der Waals surface area contributed by atoms with Crippen LogP contribution in [0.15, 0.2) is 18.2 Å². The molecule has 1 atom stereocenters.